The van der Waals surface area contributed by atoms with Crippen LogP contribution in [0.25, 0.3) is 0 Å². The van der Waals surface area contributed by atoms with E-state index in [2.05, 4.69) is 17.0 Å². The topological polar surface area (TPSA) is 55.6 Å². The Morgan fingerprint density at radius 2 is 2.05 bits per heavy atom. The second-order valence-electron chi connectivity index (χ2n) is 5.57. The molecule has 0 saturated carbocycles. The number of rotatable bonds is 5. The van der Waals surface area contributed by atoms with Gasteiger partial charge in [-0.15, -0.1) is 0 Å². The first-order valence-electron chi connectivity index (χ1n) is 7.27. The maximum atomic E-state index is 11.2. The zero-order chi connectivity index (χ0) is 14.5. The highest BCUT2D eigenvalue weighted by Gasteiger charge is 2.25. The molecule has 20 heavy (non-hydrogen) atoms. The molecule has 0 aliphatic carbocycles. The van der Waals surface area contributed by atoms with Crippen LogP contribution in [-0.2, 0) is 11.2 Å². The number of hydrogen-bond donors (Lipinski definition) is 1. The van der Waals surface area contributed by atoms with Crippen molar-refractivity contribution < 1.29 is 9.53 Å². The van der Waals surface area contributed by atoms with Gasteiger partial charge in [-0.1, -0.05) is 18.2 Å². The van der Waals surface area contributed by atoms with Crippen molar-refractivity contribution in [3.05, 3.63) is 29.8 Å². The molecule has 1 atom stereocenters. The monoisotopic (exact) mass is 276 g/mol. The molecule has 1 aromatic rings. The highest BCUT2D eigenvalue weighted by Crippen LogP contribution is 2.27. The van der Waals surface area contributed by atoms with E-state index in [1.54, 1.807) is 7.11 Å². The summed E-state index contributed by atoms with van der Waals surface area (Å²) in [4.78, 5) is 13.4. The van der Waals surface area contributed by atoms with Gasteiger partial charge in [-0.25, -0.2) is 0 Å². The van der Waals surface area contributed by atoms with Crippen molar-refractivity contribution in [2.75, 3.05) is 20.2 Å². The fourth-order valence-corrected chi connectivity index (χ4v) is 2.91. The van der Waals surface area contributed by atoms with E-state index in [0.717, 1.165) is 38.1 Å². The summed E-state index contributed by atoms with van der Waals surface area (Å²) in [5, 5.41) is 0. The highest BCUT2D eigenvalue weighted by atomic mass is 16.5. The predicted molar refractivity (Wildman–Crippen MR) is 79.7 cm³/mol. The minimum atomic E-state index is -0.229. The number of carbonyl (C=O) groups excluding carboxylic acids is 1. The number of nitrogens with two attached hydrogens (primary N) is 1. The maximum Gasteiger partial charge on any atom is 0.234 e. The van der Waals surface area contributed by atoms with Gasteiger partial charge in [-0.3, -0.25) is 9.69 Å². The van der Waals surface area contributed by atoms with E-state index in [1.807, 2.05) is 19.1 Å². The fraction of sp³-hybridized carbons (Fsp3) is 0.562. The molecule has 4 heteroatoms. The van der Waals surface area contributed by atoms with Crippen LogP contribution in [0.1, 0.15) is 25.3 Å². The van der Waals surface area contributed by atoms with E-state index < -0.39 is 0 Å². The van der Waals surface area contributed by atoms with Crippen LogP contribution in [0.15, 0.2) is 24.3 Å². The summed E-state index contributed by atoms with van der Waals surface area (Å²) in [5.74, 6) is 1.40. The molecule has 2 N–H and O–H groups in total. The lowest BCUT2D eigenvalue weighted by Crippen LogP contribution is -2.46. The number of ether oxygens (including phenoxy) is 1. The van der Waals surface area contributed by atoms with Crippen molar-refractivity contribution in [3.63, 3.8) is 0 Å². The van der Waals surface area contributed by atoms with Gasteiger partial charge in [-0.2, -0.15) is 0 Å². The number of carbonyl (C=O) groups is 1. The molecule has 1 aliphatic heterocycles. The fourth-order valence-electron chi connectivity index (χ4n) is 2.91. The number of methoxy groups -OCH3 is 1. The number of hydrogen-bond acceptors (Lipinski definition) is 3. The molecule has 1 aromatic carbocycles. The van der Waals surface area contributed by atoms with Crippen LogP contribution in [0.4, 0.5) is 0 Å². The van der Waals surface area contributed by atoms with Crippen molar-refractivity contribution in [1.29, 1.82) is 0 Å². The van der Waals surface area contributed by atoms with Gasteiger partial charge in [0.25, 0.3) is 0 Å². The number of benzene rings is 1. The Balaban J connectivity index is 1.90. The Bertz CT molecular complexity index is 454. The Morgan fingerprint density at radius 3 is 2.65 bits per heavy atom. The summed E-state index contributed by atoms with van der Waals surface area (Å²) in [7, 11) is 1.72. The molecule has 0 bridgehead atoms. The van der Waals surface area contributed by atoms with Crippen LogP contribution in [0.2, 0.25) is 0 Å². The molecule has 1 heterocycles. The smallest absolute Gasteiger partial charge is 0.234 e. The molecule has 1 fully saturated rings. The number of para-hydroxylation sites is 1. The van der Waals surface area contributed by atoms with Gasteiger partial charge < -0.3 is 10.5 Å². The molecule has 4 nitrogen and oxygen atoms in total. The van der Waals surface area contributed by atoms with Crippen molar-refractivity contribution >= 4 is 5.91 Å². The normalized spacial score (nSPS) is 18.7. The van der Waals surface area contributed by atoms with Crippen molar-refractivity contribution in [1.82, 2.24) is 4.90 Å². The highest BCUT2D eigenvalue weighted by molar-refractivity contribution is 5.79. The molecule has 2 rings (SSSR count). The van der Waals surface area contributed by atoms with Crippen molar-refractivity contribution in [3.8, 4) is 5.75 Å². The van der Waals surface area contributed by atoms with E-state index in [0.29, 0.717) is 5.92 Å². The largest absolute Gasteiger partial charge is 0.496 e. The van der Waals surface area contributed by atoms with Gasteiger partial charge in [0.2, 0.25) is 5.91 Å². The van der Waals surface area contributed by atoms with Gasteiger partial charge in [0.05, 0.1) is 13.2 Å². The molecular formula is C16H24N2O2. The zero-order valence-electron chi connectivity index (χ0n) is 12.3. The van der Waals surface area contributed by atoms with Gasteiger partial charge in [0, 0.05) is 0 Å². The van der Waals surface area contributed by atoms with E-state index in [1.165, 1.54) is 5.56 Å². The number of nitrogens with zero attached hydrogens (tertiary/aromatic N) is 1. The van der Waals surface area contributed by atoms with Crippen LogP contribution in [-0.4, -0.2) is 37.0 Å². The van der Waals surface area contributed by atoms with Gasteiger partial charge >= 0.3 is 0 Å². The lowest BCUT2D eigenvalue weighted by molar-refractivity contribution is -0.123. The van der Waals surface area contributed by atoms with E-state index in [4.69, 9.17) is 10.5 Å². The summed E-state index contributed by atoms with van der Waals surface area (Å²) in [6.07, 6.45) is 3.26. The summed E-state index contributed by atoms with van der Waals surface area (Å²) < 4.78 is 5.41. The second-order valence-corrected chi connectivity index (χ2v) is 5.57. The van der Waals surface area contributed by atoms with E-state index in [9.17, 15) is 4.79 Å². The van der Waals surface area contributed by atoms with Crippen molar-refractivity contribution in [2.24, 2.45) is 11.7 Å². The molecule has 0 spiro atoms. The minimum Gasteiger partial charge on any atom is -0.496 e. The summed E-state index contributed by atoms with van der Waals surface area (Å²) in [5.41, 5.74) is 6.64. The predicted octanol–water partition coefficient (Wildman–Crippen LogP) is 1.82. The van der Waals surface area contributed by atoms with Crippen LogP contribution >= 0.6 is 0 Å². The lowest BCUT2D eigenvalue weighted by atomic mass is 9.89. The standard InChI is InChI=1S/C16H24N2O2/c1-12(16(17)19)18-9-7-13(8-10-18)11-14-5-3-4-6-15(14)20-2/h3-6,12-13H,7-11H2,1-2H3,(H2,17,19). The molecule has 1 amide bonds. The van der Waals surface area contributed by atoms with E-state index in [-0.39, 0.29) is 11.9 Å². The number of likely N-dealkylation sites (tertiary alicyclic amines) is 1. The van der Waals surface area contributed by atoms with Crippen LogP contribution in [0, 0.1) is 5.92 Å². The summed E-state index contributed by atoms with van der Waals surface area (Å²) in [6.45, 7) is 3.79. The first-order chi connectivity index (χ1) is 9.61. The molecule has 0 aromatic heterocycles. The van der Waals surface area contributed by atoms with Gasteiger partial charge in [0.15, 0.2) is 0 Å². The third kappa shape index (κ3) is 3.51. The maximum absolute atomic E-state index is 11.2. The average Bonchev–Trinajstić information content (AvgIpc) is 2.48. The number of amides is 1. The molecule has 1 unspecified atom stereocenters. The zero-order valence-corrected chi connectivity index (χ0v) is 12.3. The molecule has 0 radical (unpaired) electrons. The average molecular weight is 276 g/mol. The molecular weight excluding hydrogens is 252 g/mol. The Kier molecular flexibility index (Phi) is 5.01. The molecule has 1 saturated heterocycles. The summed E-state index contributed by atoms with van der Waals surface area (Å²) >= 11 is 0. The van der Waals surface area contributed by atoms with E-state index >= 15 is 0 Å². The Labute approximate surface area is 120 Å². The quantitative estimate of drug-likeness (QED) is 0.892. The first kappa shape index (κ1) is 14.9. The Hall–Kier alpha value is -1.55. The number of primary amides is 1. The third-order valence-corrected chi connectivity index (χ3v) is 4.31. The molecule has 110 valence electrons. The Morgan fingerprint density at radius 1 is 1.40 bits per heavy atom. The van der Waals surface area contributed by atoms with Crippen LogP contribution < -0.4 is 10.5 Å². The third-order valence-electron chi connectivity index (χ3n) is 4.31. The van der Waals surface area contributed by atoms with Crippen molar-refractivity contribution in [2.45, 2.75) is 32.2 Å². The van der Waals surface area contributed by atoms with Crippen LogP contribution in [0.5, 0.6) is 5.75 Å². The number of piperidine rings is 1. The first-order valence-corrected chi connectivity index (χ1v) is 7.27. The SMILES string of the molecule is COc1ccccc1CC1CCN(C(C)C(N)=O)CC1. The summed E-state index contributed by atoms with van der Waals surface area (Å²) in [6, 6.07) is 8.06. The van der Waals surface area contributed by atoms with Gasteiger partial charge in [-0.05, 0) is 56.8 Å². The van der Waals surface area contributed by atoms with Gasteiger partial charge in [0.1, 0.15) is 5.75 Å². The molecule has 1 aliphatic rings. The second kappa shape index (κ2) is 6.75. The van der Waals surface area contributed by atoms with Crippen LogP contribution in [0.3, 0.4) is 0 Å². The minimum absolute atomic E-state index is 0.151. The lowest BCUT2D eigenvalue weighted by Gasteiger charge is -2.34.